The average Bonchev–Trinajstić information content (AvgIpc) is 2.16. The quantitative estimate of drug-likeness (QED) is 0.161. The molecule has 0 aliphatic carbocycles. The van der Waals surface area contributed by atoms with Crippen molar-refractivity contribution < 1.29 is 104 Å². The van der Waals surface area contributed by atoms with Crippen molar-refractivity contribution in [1.29, 1.82) is 0 Å². The van der Waals surface area contributed by atoms with E-state index in [4.69, 9.17) is 104 Å². The van der Waals surface area contributed by atoms with Crippen LogP contribution in [0.25, 0.3) is 0 Å². The van der Waals surface area contributed by atoms with Crippen molar-refractivity contribution in [3.63, 3.8) is 0 Å². The van der Waals surface area contributed by atoms with Gasteiger partial charge in [-0.05, 0) is 0 Å². The zero-order valence-electron chi connectivity index (χ0n) is 22.1. The molecule has 0 N–H and O–H groups in total. The van der Waals surface area contributed by atoms with Crippen molar-refractivity contribution in [2.45, 2.75) is 0 Å². The van der Waals surface area contributed by atoms with Crippen molar-refractivity contribution in [3.05, 3.63) is 0 Å². The van der Waals surface area contributed by atoms with Gasteiger partial charge in [-0.1, -0.05) is 0 Å². The molecular formula is C8H24O24S8Sn2. The molecule has 0 aliphatic rings. The van der Waals surface area contributed by atoms with Crippen LogP contribution in [0.1, 0.15) is 0 Å². The number of hydrogen-bond acceptors (Lipinski definition) is 24. The van der Waals surface area contributed by atoms with Crippen molar-refractivity contribution in [1.82, 2.24) is 0 Å². The Morgan fingerprint density at radius 1 is 0.214 bits per heavy atom. The van der Waals surface area contributed by atoms with Gasteiger partial charge in [-0.2, -0.15) is 0 Å². The van der Waals surface area contributed by atoms with Crippen LogP contribution in [0.4, 0.5) is 0 Å². The molecule has 24 nitrogen and oxygen atoms in total. The molecule has 0 aromatic rings. The van der Waals surface area contributed by atoms with E-state index in [0.717, 1.165) is 0 Å². The van der Waals surface area contributed by atoms with Crippen LogP contribution in [0, 0.1) is 0 Å². The fourth-order valence-corrected chi connectivity index (χ4v) is 0. The molecule has 0 unspecified atom stereocenters. The van der Waals surface area contributed by atoms with E-state index in [2.05, 4.69) is 0 Å². The molecular weight excluding hydrogens is 974 g/mol. The summed E-state index contributed by atoms with van der Waals surface area (Å²) in [7, 11) is -31.3. The molecule has 0 spiro atoms. The summed E-state index contributed by atoms with van der Waals surface area (Å²) < 4.78 is 218. The van der Waals surface area contributed by atoms with Gasteiger partial charge < -0.3 is 36.4 Å². The average molecular weight is 998 g/mol. The second-order valence-corrected chi connectivity index (χ2v) is 16.9. The minimum Gasteiger partial charge on any atom is -0.748 e. The first-order chi connectivity index (χ1) is 16.0. The fourth-order valence-electron chi connectivity index (χ4n) is 0. The van der Waals surface area contributed by atoms with Gasteiger partial charge in [-0.15, -0.1) is 0 Å². The fraction of sp³-hybridized carbons (Fsp3) is 1.00. The van der Waals surface area contributed by atoms with Gasteiger partial charge in [0.05, 0.1) is 80.9 Å². The van der Waals surface area contributed by atoms with Gasteiger partial charge in [-0.3, -0.25) is 0 Å². The molecule has 0 aromatic carbocycles. The van der Waals surface area contributed by atoms with Gasteiger partial charge in [0, 0.05) is 50.0 Å². The second-order valence-electron chi connectivity index (χ2n) is 5.63. The first-order valence-electron chi connectivity index (χ1n) is 7.27. The monoisotopic (exact) mass is 1000 g/mol. The summed E-state index contributed by atoms with van der Waals surface area (Å²) in [5.74, 6) is 0. The topological polar surface area (TPSA) is 458 Å². The van der Waals surface area contributed by atoms with Gasteiger partial charge in [0.1, 0.15) is 0 Å². The van der Waals surface area contributed by atoms with Crippen LogP contribution >= 0.6 is 0 Å². The van der Waals surface area contributed by atoms with Gasteiger partial charge in [0.15, 0.2) is 0 Å². The summed E-state index contributed by atoms with van der Waals surface area (Å²) >= 11 is 0. The summed E-state index contributed by atoms with van der Waals surface area (Å²) in [5, 5.41) is 0. The van der Waals surface area contributed by atoms with Crippen LogP contribution in [0.15, 0.2) is 0 Å². The maximum atomic E-state index is 9.08. The molecule has 34 heteroatoms. The molecule has 0 saturated heterocycles. The summed E-state index contributed by atoms with van der Waals surface area (Å²) in [6.07, 6.45) is 4.83. The van der Waals surface area contributed by atoms with Gasteiger partial charge in [0.2, 0.25) is 0 Å². The molecule has 0 aliphatic heterocycles. The van der Waals surface area contributed by atoms with Gasteiger partial charge >= 0.3 is 47.8 Å². The van der Waals surface area contributed by atoms with Gasteiger partial charge in [0.25, 0.3) is 0 Å². The SMILES string of the molecule is CS(=O)(=O)[O-].CS(=O)(=O)[O-].CS(=O)(=O)[O-].CS(=O)(=O)[O-].CS(=O)(=O)[O-].CS(=O)(=O)[O-].CS(=O)(=O)[O-].CS(=O)(=O)[O-].[Sn+4].[Sn+4]. The third-order valence-corrected chi connectivity index (χ3v) is 0. The van der Waals surface area contributed by atoms with Crippen LogP contribution in [0.5, 0.6) is 0 Å². The molecule has 0 amide bonds. The van der Waals surface area contributed by atoms with Crippen molar-refractivity contribution in [3.8, 4) is 0 Å². The van der Waals surface area contributed by atoms with E-state index in [1.165, 1.54) is 0 Å². The molecule has 256 valence electrons. The van der Waals surface area contributed by atoms with Crippen LogP contribution in [0.3, 0.4) is 0 Å². The number of rotatable bonds is 0. The Morgan fingerprint density at radius 3 is 0.214 bits per heavy atom. The van der Waals surface area contributed by atoms with E-state index < -0.39 is 80.9 Å². The normalized spacial score (nSPS) is 11.0. The Balaban J connectivity index is -0.0000000346. The van der Waals surface area contributed by atoms with Crippen LogP contribution in [-0.2, 0) is 80.9 Å². The van der Waals surface area contributed by atoms with Crippen LogP contribution < -0.4 is 0 Å². The molecule has 0 radical (unpaired) electrons. The van der Waals surface area contributed by atoms with E-state index in [0.29, 0.717) is 50.0 Å². The first kappa shape index (κ1) is 69.6. The second kappa shape index (κ2) is 29.3. The van der Waals surface area contributed by atoms with E-state index in [9.17, 15) is 0 Å². The third kappa shape index (κ3) is 84400. The summed E-state index contributed by atoms with van der Waals surface area (Å²) in [5.41, 5.74) is 0. The predicted molar refractivity (Wildman–Crippen MR) is 136 cm³/mol. The zero-order valence-corrected chi connectivity index (χ0v) is 34.3. The van der Waals surface area contributed by atoms with Gasteiger partial charge in [-0.25, -0.2) is 67.3 Å². The smallest absolute Gasteiger partial charge is 0.748 e. The van der Waals surface area contributed by atoms with E-state index in [1.54, 1.807) is 0 Å². The minimum atomic E-state index is -3.92. The third-order valence-electron chi connectivity index (χ3n) is 0. The van der Waals surface area contributed by atoms with E-state index >= 15 is 0 Å². The maximum absolute atomic E-state index is 9.08. The van der Waals surface area contributed by atoms with E-state index in [1.807, 2.05) is 0 Å². The number of hydrogen-bond donors (Lipinski definition) is 0. The van der Waals surface area contributed by atoms with Crippen molar-refractivity contribution in [2.75, 3.05) is 50.0 Å². The Bertz CT molecular complexity index is 1090. The zero-order chi connectivity index (χ0) is 36.0. The first-order valence-corrected chi connectivity index (χ1v) is 21.8. The van der Waals surface area contributed by atoms with Crippen molar-refractivity contribution in [2.24, 2.45) is 0 Å². The minimum absolute atomic E-state index is 0. The Kier molecular flexibility index (Phi) is 48.5. The molecule has 0 bridgehead atoms. The van der Waals surface area contributed by atoms with E-state index in [-0.39, 0.29) is 47.8 Å². The maximum Gasteiger partial charge on any atom is 4.00 e. The largest absolute Gasteiger partial charge is 4.00 e. The predicted octanol–water partition coefficient (Wildman–Crippen LogP) is -7.47. The van der Waals surface area contributed by atoms with Crippen molar-refractivity contribution >= 4 is 129 Å². The molecule has 0 saturated carbocycles. The molecule has 0 rings (SSSR count). The Morgan fingerprint density at radius 2 is 0.214 bits per heavy atom. The standard InChI is InChI=1S/8CH4O3S.2Sn/c8*1-5(2,3)4;;/h8*1H3,(H,2,3,4);;/q;;;;;;;;2*+4/p-8. The summed E-state index contributed by atoms with van der Waals surface area (Å²) in [6, 6.07) is 0. The molecule has 0 atom stereocenters. The summed E-state index contributed by atoms with van der Waals surface area (Å²) in [6.45, 7) is 0. The Labute approximate surface area is 280 Å². The molecule has 42 heavy (non-hydrogen) atoms. The Hall–Kier alpha value is 0.877. The van der Waals surface area contributed by atoms with Crippen LogP contribution in [0.2, 0.25) is 0 Å². The molecule has 0 fully saturated rings. The molecule has 0 aromatic heterocycles. The molecule has 0 heterocycles. The summed E-state index contributed by atoms with van der Waals surface area (Å²) in [4.78, 5) is 0. The van der Waals surface area contributed by atoms with Crippen LogP contribution in [-0.4, -0.2) is 202 Å².